The van der Waals surface area contributed by atoms with Gasteiger partial charge in [-0.15, -0.1) is 0 Å². The van der Waals surface area contributed by atoms with Crippen molar-refractivity contribution in [2.75, 3.05) is 11.5 Å². The lowest BCUT2D eigenvalue weighted by molar-refractivity contribution is 0.0696. The summed E-state index contributed by atoms with van der Waals surface area (Å²) in [6, 6.07) is 5.07. The number of carboxylic acid groups (broad SMARTS) is 1. The summed E-state index contributed by atoms with van der Waals surface area (Å²) in [5.41, 5.74) is 0.951. The van der Waals surface area contributed by atoms with Crippen molar-refractivity contribution < 1.29 is 18.3 Å². The topological polar surface area (TPSA) is 74.7 Å². The number of rotatable bonds is 5. The maximum atomic E-state index is 11.7. The summed E-state index contributed by atoms with van der Waals surface area (Å²) in [6.45, 7) is 0.505. The molecule has 1 saturated heterocycles. The van der Waals surface area contributed by atoms with Crippen molar-refractivity contribution in [3.8, 4) is 0 Å². The molecule has 1 unspecified atom stereocenters. The van der Waals surface area contributed by atoms with Gasteiger partial charge in [0.05, 0.1) is 17.1 Å². The molecule has 22 heavy (non-hydrogen) atoms. The smallest absolute Gasteiger partial charge is 0.335 e. The van der Waals surface area contributed by atoms with Crippen LogP contribution in [0.25, 0.3) is 0 Å². The van der Waals surface area contributed by atoms with Crippen molar-refractivity contribution in [2.45, 2.75) is 37.9 Å². The highest BCUT2D eigenvalue weighted by Gasteiger charge is 2.39. The summed E-state index contributed by atoms with van der Waals surface area (Å²) in [5, 5.41) is 9.62. The fourth-order valence-corrected chi connectivity index (χ4v) is 4.94. The number of aromatic carboxylic acids is 1. The standard InChI is InChI=1S/C15H18ClNO4S/c16-14-4-1-10(15(18)19)7-11(14)8-17(12-2-3-12)13-5-6-22(20,21)9-13/h1,4,7,12-13H,2-3,5-6,8-9H2,(H,18,19). The maximum absolute atomic E-state index is 11.7. The summed E-state index contributed by atoms with van der Waals surface area (Å²) in [7, 11) is -2.94. The molecule has 1 atom stereocenters. The minimum atomic E-state index is -2.94. The first-order chi connectivity index (χ1) is 10.4. The van der Waals surface area contributed by atoms with Crippen LogP contribution in [0.5, 0.6) is 0 Å². The van der Waals surface area contributed by atoms with Crippen molar-refractivity contribution >= 4 is 27.4 Å². The zero-order chi connectivity index (χ0) is 15.9. The first-order valence-electron chi connectivity index (χ1n) is 7.33. The second-order valence-corrected chi connectivity index (χ2v) is 8.71. The molecule has 0 aromatic heterocycles. The van der Waals surface area contributed by atoms with Gasteiger partial charge in [0.2, 0.25) is 0 Å². The average molecular weight is 344 g/mol. The van der Waals surface area contributed by atoms with Crippen LogP contribution >= 0.6 is 11.6 Å². The number of benzene rings is 1. The molecule has 0 amide bonds. The fraction of sp³-hybridized carbons (Fsp3) is 0.533. The predicted octanol–water partition coefficient (Wildman–Crippen LogP) is 2.19. The molecule has 120 valence electrons. The average Bonchev–Trinajstić information content (AvgIpc) is 3.21. The Morgan fingerprint density at radius 3 is 2.55 bits per heavy atom. The molecule has 3 rings (SSSR count). The second-order valence-electron chi connectivity index (χ2n) is 6.07. The Labute approximate surface area is 134 Å². The third-order valence-corrected chi connectivity index (χ3v) is 6.46. The summed E-state index contributed by atoms with van der Waals surface area (Å²) in [4.78, 5) is 13.3. The number of carbonyl (C=O) groups is 1. The van der Waals surface area contributed by atoms with Gasteiger partial charge in [-0.25, -0.2) is 13.2 Å². The first kappa shape index (κ1) is 15.8. The summed E-state index contributed by atoms with van der Waals surface area (Å²) in [5.74, 6) is -0.553. The van der Waals surface area contributed by atoms with E-state index in [0.29, 0.717) is 24.0 Å². The largest absolute Gasteiger partial charge is 0.478 e. The van der Waals surface area contributed by atoms with E-state index in [4.69, 9.17) is 16.7 Å². The molecule has 5 nitrogen and oxygen atoms in total. The minimum Gasteiger partial charge on any atom is -0.478 e. The number of sulfone groups is 1. The van der Waals surface area contributed by atoms with Gasteiger partial charge in [-0.05, 0) is 43.0 Å². The highest BCUT2D eigenvalue weighted by Crippen LogP contribution is 2.34. The number of hydrogen-bond donors (Lipinski definition) is 1. The van der Waals surface area contributed by atoms with Gasteiger partial charge in [0.15, 0.2) is 9.84 Å². The van der Waals surface area contributed by atoms with Gasteiger partial charge < -0.3 is 5.11 Å². The fourth-order valence-electron chi connectivity index (χ4n) is 3.03. The molecule has 1 aromatic carbocycles. The molecule has 1 saturated carbocycles. The highest BCUT2D eigenvalue weighted by molar-refractivity contribution is 7.91. The monoisotopic (exact) mass is 343 g/mol. The number of hydrogen-bond acceptors (Lipinski definition) is 4. The van der Waals surface area contributed by atoms with E-state index in [1.54, 1.807) is 12.1 Å². The molecule has 1 aliphatic heterocycles. The van der Waals surface area contributed by atoms with E-state index < -0.39 is 15.8 Å². The zero-order valence-electron chi connectivity index (χ0n) is 12.0. The Bertz CT molecular complexity index is 699. The van der Waals surface area contributed by atoms with Crippen molar-refractivity contribution in [3.63, 3.8) is 0 Å². The molecule has 1 heterocycles. The van der Waals surface area contributed by atoms with Gasteiger partial charge in [0.1, 0.15) is 0 Å². The van der Waals surface area contributed by atoms with Crippen LogP contribution in [0.2, 0.25) is 5.02 Å². The van der Waals surface area contributed by atoms with E-state index in [2.05, 4.69) is 4.90 Å². The molecular formula is C15H18ClNO4S. The van der Waals surface area contributed by atoms with E-state index >= 15 is 0 Å². The minimum absolute atomic E-state index is 0.0158. The summed E-state index contributed by atoms with van der Waals surface area (Å²) >= 11 is 6.19. The highest BCUT2D eigenvalue weighted by atomic mass is 35.5. The van der Waals surface area contributed by atoms with Crippen molar-refractivity contribution in [1.29, 1.82) is 0 Å². The lowest BCUT2D eigenvalue weighted by Crippen LogP contribution is -2.37. The van der Waals surface area contributed by atoms with E-state index in [1.165, 1.54) is 6.07 Å². The van der Waals surface area contributed by atoms with Crippen LogP contribution in [-0.4, -0.2) is 48.0 Å². The summed E-state index contributed by atoms with van der Waals surface area (Å²) < 4.78 is 23.4. The third-order valence-electron chi connectivity index (χ3n) is 4.34. The number of carboxylic acids is 1. The predicted molar refractivity (Wildman–Crippen MR) is 84.0 cm³/mol. The first-order valence-corrected chi connectivity index (χ1v) is 9.53. The van der Waals surface area contributed by atoms with Gasteiger partial charge in [-0.2, -0.15) is 0 Å². The molecule has 1 aromatic rings. The van der Waals surface area contributed by atoms with Crippen LogP contribution in [0.4, 0.5) is 0 Å². The molecule has 7 heteroatoms. The maximum Gasteiger partial charge on any atom is 0.335 e. The van der Waals surface area contributed by atoms with Crippen LogP contribution in [0.15, 0.2) is 18.2 Å². The normalized spacial score (nSPS) is 23.8. The molecular weight excluding hydrogens is 326 g/mol. The Morgan fingerprint density at radius 1 is 1.27 bits per heavy atom. The molecule has 1 aliphatic carbocycles. The lowest BCUT2D eigenvalue weighted by atomic mass is 10.1. The molecule has 0 spiro atoms. The zero-order valence-corrected chi connectivity index (χ0v) is 13.6. The Morgan fingerprint density at radius 2 is 2.00 bits per heavy atom. The quantitative estimate of drug-likeness (QED) is 0.887. The van der Waals surface area contributed by atoms with Gasteiger partial charge in [0, 0.05) is 23.7 Å². The van der Waals surface area contributed by atoms with Gasteiger partial charge in [-0.1, -0.05) is 11.6 Å². The third kappa shape index (κ3) is 3.45. The molecule has 0 radical (unpaired) electrons. The van der Waals surface area contributed by atoms with Gasteiger partial charge in [0.25, 0.3) is 0 Å². The lowest BCUT2D eigenvalue weighted by Gasteiger charge is -2.28. The molecule has 0 bridgehead atoms. The van der Waals surface area contributed by atoms with Crippen LogP contribution < -0.4 is 0 Å². The number of halogens is 1. The van der Waals surface area contributed by atoms with Crippen LogP contribution in [0.1, 0.15) is 35.2 Å². The molecule has 2 aliphatic rings. The van der Waals surface area contributed by atoms with Crippen molar-refractivity contribution in [1.82, 2.24) is 4.90 Å². The van der Waals surface area contributed by atoms with Crippen LogP contribution in [-0.2, 0) is 16.4 Å². The SMILES string of the molecule is O=C(O)c1ccc(Cl)c(CN(C2CC2)C2CCS(=O)(=O)C2)c1. The number of nitrogens with zero attached hydrogens (tertiary/aromatic N) is 1. The Balaban J connectivity index is 1.83. The van der Waals surface area contributed by atoms with Gasteiger partial charge in [-0.3, -0.25) is 4.90 Å². The van der Waals surface area contributed by atoms with E-state index in [9.17, 15) is 13.2 Å². The van der Waals surface area contributed by atoms with Crippen molar-refractivity contribution in [3.05, 3.63) is 34.3 Å². The second kappa shape index (κ2) is 5.83. The van der Waals surface area contributed by atoms with Crippen LogP contribution in [0.3, 0.4) is 0 Å². The van der Waals surface area contributed by atoms with Crippen LogP contribution in [0, 0.1) is 0 Å². The van der Waals surface area contributed by atoms with E-state index in [1.807, 2.05) is 0 Å². The van der Waals surface area contributed by atoms with E-state index in [0.717, 1.165) is 18.4 Å². The Kier molecular flexibility index (Phi) is 4.18. The van der Waals surface area contributed by atoms with Gasteiger partial charge >= 0.3 is 5.97 Å². The van der Waals surface area contributed by atoms with E-state index in [-0.39, 0.29) is 23.1 Å². The summed E-state index contributed by atoms with van der Waals surface area (Å²) in [6.07, 6.45) is 2.77. The molecule has 1 N–H and O–H groups in total. The molecule has 2 fully saturated rings. The van der Waals surface area contributed by atoms with Crippen molar-refractivity contribution in [2.24, 2.45) is 0 Å². The Hall–Kier alpha value is -1.11.